The van der Waals surface area contributed by atoms with Crippen molar-refractivity contribution in [2.75, 3.05) is 0 Å². The van der Waals surface area contributed by atoms with Crippen LogP contribution in [0, 0.1) is 11.8 Å². The number of benzene rings is 1. The summed E-state index contributed by atoms with van der Waals surface area (Å²) in [5.41, 5.74) is 1.92. The molecule has 0 radical (unpaired) electrons. The fraction of sp³-hybridized carbons (Fsp3) is 0.217. The second-order valence-electron chi connectivity index (χ2n) is 7.24. The highest BCUT2D eigenvalue weighted by molar-refractivity contribution is 7.93. The molecule has 2 aliphatic carbocycles. The van der Waals surface area contributed by atoms with E-state index in [0.29, 0.717) is 0 Å². The molecular weight excluding hydrogens is 388 g/mol. The molecule has 29 heavy (non-hydrogen) atoms. The number of carbonyl (C=O) groups is 2. The van der Waals surface area contributed by atoms with Gasteiger partial charge >= 0.3 is 5.97 Å². The van der Waals surface area contributed by atoms with Crippen LogP contribution in [0.4, 0.5) is 0 Å². The Balaban J connectivity index is 1.52. The highest BCUT2D eigenvalue weighted by atomic mass is 32.2. The molecule has 0 aromatic heterocycles. The summed E-state index contributed by atoms with van der Waals surface area (Å²) in [5.74, 6) is -2.20. The van der Waals surface area contributed by atoms with Gasteiger partial charge in [-0.15, -0.1) is 0 Å². The number of ketones is 1. The van der Waals surface area contributed by atoms with Crippen LogP contribution in [0.3, 0.4) is 0 Å². The van der Waals surface area contributed by atoms with Gasteiger partial charge in [0.1, 0.15) is 12.4 Å². The predicted molar refractivity (Wildman–Crippen MR) is 110 cm³/mol. The monoisotopic (exact) mass is 408 g/mol. The Hall–Kier alpha value is -2.99. The first-order chi connectivity index (χ1) is 13.9. The van der Waals surface area contributed by atoms with Crippen LogP contribution in [0.1, 0.15) is 11.1 Å². The number of ether oxygens (including phenoxy) is 1. The van der Waals surface area contributed by atoms with E-state index in [2.05, 4.69) is 6.58 Å². The minimum Gasteiger partial charge on any atom is -0.457 e. The van der Waals surface area contributed by atoms with Crippen molar-refractivity contribution in [3.63, 3.8) is 0 Å². The zero-order valence-electron chi connectivity index (χ0n) is 15.6. The number of esters is 1. The molecule has 1 heterocycles. The van der Waals surface area contributed by atoms with Crippen LogP contribution in [-0.2, 0) is 30.8 Å². The van der Waals surface area contributed by atoms with Crippen molar-refractivity contribution in [2.24, 2.45) is 11.8 Å². The second-order valence-corrected chi connectivity index (χ2v) is 9.51. The van der Waals surface area contributed by atoms with Crippen LogP contribution in [0.15, 0.2) is 78.9 Å². The van der Waals surface area contributed by atoms with Crippen LogP contribution in [-0.4, -0.2) is 30.7 Å². The fourth-order valence-corrected chi connectivity index (χ4v) is 6.16. The van der Waals surface area contributed by atoms with E-state index in [1.54, 1.807) is 30.4 Å². The molecule has 0 saturated carbocycles. The number of hydrogen-bond donors (Lipinski definition) is 0. The van der Waals surface area contributed by atoms with Gasteiger partial charge in [-0.1, -0.05) is 79.5 Å². The normalized spacial score (nSPS) is 28.8. The highest BCUT2D eigenvalue weighted by Crippen LogP contribution is 2.39. The van der Waals surface area contributed by atoms with Gasteiger partial charge in [-0.3, -0.25) is 4.79 Å². The lowest BCUT2D eigenvalue weighted by molar-refractivity contribution is -0.140. The van der Waals surface area contributed by atoms with E-state index in [0.717, 1.165) is 11.1 Å². The first-order valence-corrected chi connectivity index (χ1v) is 10.9. The maximum atomic E-state index is 13.1. The fourth-order valence-electron chi connectivity index (χ4n) is 3.89. The maximum Gasteiger partial charge on any atom is 0.338 e. The van der Waals surface area contributed by atoms with Gasteiger partial charge in [-0.05, 0) is 11.1 Å². The molecule has 1 saturated heterocycles. The van der Waals surface area contributed by atoms with Crippen LogP contribution in [0.2, 0.25) is 0 Å². The zero-order valence-corrected chi connectivity index (χ0v) is 16.4. The minimum absolute atomic E-state index is 0.0689. The van der Waals surface area contributed by atoms with E-state index in [1.165, 1.54) is 18.2 Å². The molecule has 6 heteroatoms. The Morgan fingerprint density at radius 3 is 2.45 bits per heavy atom. The lowest BCUT2D eigenvalue weighted by Gasteiger charge is -2.37. The molecule has 1 aliphatic heterocycles. The number of rotatable bonds is 4. The third-order valence-electron chi connectivity index (χ3n) is 5.50. The number of sulfone groups is 1. The van der Waals surface area contributed by atoms with Gasteiger partial charge in [-0.25, -0.2) is 13.2 Å². The maximum absolute atomic E-state index is 13.1. The van der Waals surface area contributed by atoms with Gasteiger partial charge in [0.25, 0.3) is 0 Å². The zero-order chi connectivity index (χ0) is 20.6. The van der Waals surface area contributed by atoms with E-state index in [9.17, 15) is 18.0 Å². The van der Waals surface area contributed by atoms with Gasteiger partial charge in [-0.2, -0.15) is 0 Å². The first kappa shape index (κ1) is 19.3. The molecule has 1 fully saturated rings. The molecule has 4 atom stereocenters. The Labute approximate surface area is 169 Å². The second kappa shape index (κ2) is 7.44. The van der Waals surface area contributed by atoms with E-state index in [1.807, 2.05) is 24.3 Å². The van der Waals surface area contributed by atoms with Crippen molar-refractivity contribution >= 4 is 27.7 Å². The van der Waals surface area contributed by atoms with E-state index in [-0.39, 0.29) is 18.0 Å². The molecule has 0 bridgehead atoms. The molecule has 5 nitrogen and oxygen atoms in total. The summed E-state index contributed by atoms with van der Waals surface area (Å²) in [7, 11) is -3.66. The Kier molecular flexibility index (Phi) is 4.96. The van der Waals surface area contributed by atoms with Crippen molar-refractivity contribution in [1.29, 1.82) is 0 Å². The van der Waals surface area contributed by atoms with Crippen molar-refractivity contribution in [1.82, 2.24) is 0 Å². The molecule has 1 aromatic carbocycles. The summed E-state index contributed by atoms with van der Waals surface area (Å²) >= 11 is 0. The van der Waals surface area contributed by atoms with Crippen molar-refractivity contribution in [3.8, 4) is 0 Å². The summed E-state index contributed by atoms with van der Waals surface area (Å²) in [6, 6.07) is 7.39. The SMILES string of the molecule is C=Cc1ccc(COC(=O)C2=CC3C(C=C2)C(=O)C2C=CC=CC2S3(=O)=O)cc1. The van der Waals surface area contributed by atoms with Crippen molar-refractivity contribution in [3.05, 3.63) is 90.1 Å². The molecule has 0 amide bonds. The number of Topliss-reactive ketones (excluding diaryl/α,β-unsaturated/α-hetero) is 1. The quantitative estimate of drug-likeness (QED) is 0.716. The lowest BCUT2D eigenvalue weighted by atomic mass is 9.82. The summed E-state index contributed by atoms with van der Waals surface area (Å²) < 4.78 is 31.5. The Morgan fingerprint density at radius 1 is 1.03 bits per heavy atom. The molecule has 0 spiro atoms. The van der Waals surface area contributed by atoms with Crippen LogP contribution < -0.4 is 0 Å². The van der Waals surface area contributed by atoms with Crippen LogP contribution in [0.25, 0.3) is 6.08 Å². The number of carbonyl (C=O) groups excluding carboxylic acids is 2. The molecule has 148 valence electrons. The lowest BCUT2D eigenvalue weighted by Crippen LogP contribution is -2.51. The molecule has 4 unspecified atom stereocenters. The molecular formula is C23H20O5S. The Morgan fingerprint density at radius 2 is 1.72 bits per heavy atom. The highest BCUT2D eigenvalue weighted by Gasteiger charge is 2.51. The van der Waals surface area contributed by atoms with E-state index >= 15 is 0 Å². The molecule has 3 aliphatic rings. The van der Waals surface area contributed by atoms with E-state index < -0.39 is 38.1 Å². The third kappa shape index (κ3) is 3.44. The Bertz CT molecular complexity index is 1090. The molecule has 4 rings (SSSR count). The van der Waals surface area contributed by atoms with Crippen molar-refractivity contribution in [2.45, 2.75) is 17.1 Å². The summed E-state index contributed by atoms with van der Waals surface area (Å²) in [6.07, 6.45) is 12.6. The third-order valence-corrected chi connectivity index (χ3v) is 7.90. The number of hydrogen-bond acceptors (Lipinski definition) is 5. The van der Waals surface area contributed by atoms with Crippen LogP contribution >= 0.6 is 0 Å². The van der Waals surface area contributed by atoms with Crippen LogP contribution in [0.5, 0.6) is 0 Å². The van der Waals surface area contributed by atoms with Gasteiger partial charge in [0, 0.05) is 0 Å². The summed E-state index contributed by atoms with van der Waals surface area (Å²) in [6.45, 7) is 3.76. The summed E-state index contributed by atoms with van der Waals surface area (Å²) in [5, 5.41) is -1.93. The summed E-state index contributed by atoms with van der Waals surface area (Å²) in [4.78, 5) is 25.2. The van der Waals surface area contributed by atoms with E-state index in [4.69, 9.17) is 4.74 Å². The molecule has 1 aromatic rings. The largest absolute Gasteiger partial charge is 0.457 e. The number of allylic oxidation sites excluding steroid dienone is 4. The van der Waals surface area contributed by atoms with Crippen molar-refractivity contribution < 1.29 is 22.7 Å². The minimum atomic E-state index is -3.66. The standard InChI is InChI=1S/C23H20O5S/c1-2-15-7-9-16(10-8-15)14-28-23(25)17-11-12-19-21(13-17)29(26,27)20-6-4-3-5-18(20)22(19)24/h2-13,18-21H,1,14H2. The predicted octanol–water partition coefficient (Wildman–Crippen LogP) is 2.96. The van der Waals surface area contributed by atoms with Gasteiger partial charge in [0.05, 0.1) is 27.9 Å². The van der Waals surface area contributed by atoms with Gasteiger partial charge < -0.3 is 4.74 Å². The first-order valence-electron chi connectivity index (χ1n) is 9.32. The van der Waals surface area contributed by atoms with Gasteiger partial charge in [0.15, 0.2) is 9.84 Å². The topological polar surface area (TPSA) is 77.5 Å². The van der Waals surface area contributed by atoms with Gasteiger partial charge in [0.2, 0.25) is 0 Å². The molecule has 0 N–H and O–H groups in total. The number of fused-ring (bicyclic) bond motifs is 2. The average Bonchev–Trinajstić information content (AvgIpc) is 2.76. The smallest absolute Gasteiger partial charge is 0.338 e. The average molecular weight is 408 g/mol.